The zero-order valence-electron chi connectivity index (χ0n) is 12.4. The van der Waals surface area contributed by atoms with Gasteiger partial charge in [-0.25, -0.2) is 0 Å². The first kappa shape index (κ1) is 13.7. The van der Waals surface area contributed by atoms with Crippen LogP contribution in [0.2, 0.25) is 0 Å². The van der Waals surface area contributed by atoms with Crippen LogP contribution in [0.15, 0.2) is 16.5 Å². The number of carbonyl (C=O) groups is 1. The van der Waals surface area contributed by atoms with Crippen LogP contribution in [0, 0.1) is 6.92 Å². The predicted octanol–water partition coefficient (Wildman–Crippen LogP) is 2.61. The maximum absolute atomic E-state index is 12.9. The zero-order valence-corrected chi connectivity index (χ0v) is 12.4. The van der Waals surface area contributed by atoms with Crippen molar-refractivity contribution in [2.75, 3.05) is 6.54 Å². The lowest BCUT2D eigenvalue weighted by Crippen LogP contribution is -2.58. The van der Waals surface area contributed by atoms with E-state index in [-0.39, 0.29) is 11.4 Å². The van der Waals surface area contributed by atoms with E-state index in [4.69, 9.17) is 4.42 Å². The van der Waals surface area contributed by atoms with Gasteiger partial charge < -0.3 is 14.6 Å². The summed E-state index contributed by atoms with van der Waals surface area (Å²) >= 11 is 0. The number of piperidine rings is 1. The molecule has 0 aromatic carbocycles. The van der Waals surface area contributed by atoms with Crippen molar-refractivity contribution < 1.29 is 9.21 Å². The number of furan rings is 1. The van der Waals surface area contributed by atoms with Gasteiger partial charge in [0.2, 0.25) is 5.91 Å². The van der Waals surface area contributed by atoms with E-state index in [0.29, 0.717) is 12.6 Å². The summed E-state index contributed by atoms with van der Waals surface area (Å²) in [5, 5.41) is 3.43. The molecule has 20 heavy (non-hydrogen) atoms. The van der Waals surface area contributed by atoms with Crippen molar-refractivity contribution in [3.05, 3.63) is 23.7 Å². The Morgan fingerprint density at radius 3 is 2.80 bits per heavy atom. The van der Waals surface area contributed by atoms with Crippen LogP contribution in [0.1, 0.15) is 50.5 Å². The van der Waals surface area contributed by atoms with Gasteiger partial charge in [0.25, 0.3) is 0 Å². The average Bonchev–Trinajstić information content (AvgIpc) is 3.19. The Bertz CT molecular complexity index is 484. The Kier molecular flexibility index (Phi) is 3.59. The zero-order chi connectivity index (χ0) is 14.2. The number of nitrogens with one attached hydrogen (secondary N) is 1. The molecule has 4 nitrogen and oxygen atoms in total. The number of amides is 1. The van der Waals surface area contributed by atoms with Crippen LogP contribution < -0.4 is 5.32 Å². The van der Waals surface area contributed by atoms with Gasteiger partial charge in [-0.1, -0.05) is 0 Å². The Morgan fingerprint density at radius 1 is 1.45 bits per heavy atom. The minimum atomic E-state index is -0.386. The molecule has 1 atom stereocenters. The van der Waals surface area contributed by atoms with Gasteiger partial charge in [-0.15, -0.1) is 0 Å². The van der Waals surface area contributed by atoms with Crippen LogP contribution in [-0.2, 0) is 11.3 Å². The van der Waals surface area contributed by atoms with E-state index in [1.165, 1.54) is 6.42 Å². The Balaban J connectivity index is 1.74. The molecule has 2 aliphatic rings. The van der Waals surface area contributed by atoms with Gasteiger partial charge in [-0.05, 0) is 64.6 Å². The summed E-state index contributed by atoms with van der Waals surface area (Å²) in [7, 11) is 0. The van der Waals surface area contributed by atoms with Crippen molar-refractivity contribution in [3.63, 3.8) is 0 Å². The number of hydrogen-bond acceptors (Lipinski definition) is 3. The molecule has 1 amide bonds. The number of nitrogens with zero attached hydrogens (tertiary/aromatic N) is 1. The highest BCUT2D eigenvalue weighted by Crippen LogP contribution is 2.32. The van der Waals surface area contributed by atoms with E-state index in [0.717, 1.165) is 43.7 Å². The molecule has 0 radical (unpaired) electrons. The van der Waals surface area contributed by atoms with Crippen molar-refractivity contribution in [3.8, 4) is 0 Å². The normalized spacial score (nSPS) is 26.5. The highest BCUT2D eigenvalue weighted by atomic mass is 16.3. The summed E-state index contributed by atoms with van der Waals surface area (Å²) in [5.41, 5.74) is -0.386. The summed E-state index contributed by atoms with van der Waals surface area (Å²) < 4.78 is 5.65. The topological polar surface area (TPSA) is 45.5 Å². The maximum Gasteiger partial charge on any atom is 0.243 e. The second-order valence-electron chi connectivity index (χ2n) is 6.39. The monoisotopic (exact) mass is 276 g/mol. The van der Waals surface area contributed by atoms with Gasteiger partial charge in [0.1, 0.15) is 11.5 Å². The van der Waals surface area contributed by atoms with E-state index >= 15 is 0 Å². The van der Waals surface area contributed by atoms with Crippen molar-refractivity contribution in [1.82, 2.24) is 10.2 Å². The third kappa shape index (κ3) is 2.75. The molecule has 1 aliphatic heterocycles. The molecule has 3 rings (SSSR count). The molecule has 110 valence electrons. The van der Waals surface area contributed by atoms with E-state index in [1.54, 1.807) is 0 Å². The standard InChI is InChI=1S/C16H24N2O2/c1-12-5-8-14(20-12)11-18(13-6-7-13)15(19)16(2)9-3-4-10-17-16/h5,8,13,17H,3-4,6-7,9-11H2,1-2H3. The van der Waals surface area contributed by atoms with Gasteiger partial charge in [-0.2, -0.15) is 0 Å². The Labute approximate surface area is 120 Å². The minimum absolute atomic E-state index is 0.244. The third-order valence-corrected chi connectivity index (χ3v) is 4.46. The fourth-order valence-electron chi connectivity index (χ4n) is 3.05. The molecule has 1 saturated carbocycles. The summed E-state index contributed by atoms with van der Waals surface area (Å²) in [5.74, 6) is 2.04. The van der Waals surface area contributed by atoms with Crippen LogP contribution in [0.3, 0.4) is 0 Å². The average molecular weight is 276 g/mol. The lowest BCUT2D eigenvalue weighted by Gasteiger charge is -2.38. The molecule has 1 aromatic rings. The van der Waals surface area contributed by atoms with E-state index < -0.39 is 0 Å². The van der Waals surface area contributed by atoms with Gasteiger partial charge >= 0.3 is 0 Å². The van der Waals surface area contributed by atoms with E-state index in [9.17, 15) is 4.79 Å². The fraction of sp³-hybridized carbons (Fsp3) is 0.688. The van der Waals surface area contributed by atoms with E-state index in [1.807, 2.05) is 24.0 Å². The van der Waals surface area contributed by atoms with E-state index in [2.05, 4.69) is 12.2 Å². The lowest BCUT2D eigenvalue weighted by molar-refractivity contribution is -0.140. The van der Waals surface area contributed by atoms with Crippen LogP contribution >= 0.6 is 0 Å². The summed E-state index contributed by atoms with van der Waals surface area (Å²) in [4.78, 5) is 15.0. The van der Waals surface area contributed by atoms with Gasteiger partial charge in [-0.3, -0.25) is 4.79 Å². The molecule has 1 saturated heterocycles. The molecule has 2 fully saturated rings. The van der Waals surface area contributed by atoms with Crippen molar-refractivity contribution in [2.24, 2.45) is 0 Å². The Morgan fingerprint density at radius 2 is 2.25 bits per heavy atom. The molecule has 2 heterocycles. The summed E-state index contributed by atoms with van der Waals surface area (Å²) in [6.45, 7) is 5.54. The molecule has 0 bridgehead atoms. The molecule has 1 aromatic heterocycles. The molecule has 1 unspecified atom stereocenters. The van der Waals surface area contributed by atoms with Gasteiger partial charge in [0.05, 0.1) is 12.1 Å². The fourth-order valence-corrected chi connectivity index (χ4v) is 3.05. The Hall–Kier alpha value is -1.29. The second kappa shape index (κ2) is 5.24. The summed E-state index contributed by atoms with van der Waals surface area (Å²) in [6.07, 6.45) is 5.49. The van der Waals surface area contributed by atoms with Crippen LogP contribution in [0.25, 0.3) is 0 Å². The highest BCUT2D eigenvalue weighted by Gasteiger charge is 2.42. The molecule has 1 N–H and O–H groups in total. The number of hydrogen-bond donors (Lipinski definition) is 1. The lowest BCUT2D eigenvalue weighted by atomic mass is 9.89. The first-order valence-corrected chi connectivity index (χ1v) is 7.70. The first-order valence-electron chi connectivity index (χ1n) is 7.70. The first-order chi connectivity index (χ1) is 9.58. The van der Waals surface area contributed by atoms with Crippen LogP contribution in [0.5, 0.6) is 0 Å². The quantitative estimate of drug-likeness (QED) is 0.919. The smallest absolute Gasteiger partial charge is 0.243 e. The molecular weight excluding hydrogens is 252 g/mol. The van der Waals surface area contributed by atoms with Crippen LogP contribution in [0.4, 0.5) is 0 Å². The third-order valence-electron chi connectivity index (χ3n) is 4.46. The van der Waals surface area contributed by atoms with Crippen LogP contribution in [-0.4, -0.2) is 28.9 Å². The largest absolute Gasteiger partial charge is 0.464 e. The number of rotatable bonds is 4. The molecule has 1 aliphatic carbocycles. The molecule has 4 heteroatoms. The summed E-state index contributed by atoms with van der Waals surface area (Å²) in [6, 6.07) is 4.36. The maximum atomic E-state index is 12.9. The second-order valence-corrected chi connectivity index (χ2v) is 6.39. The highest BCUT2D eigenvalue weighted by molar-refractivity contribution is 5.86. The van der Waals surface area contributed by atoms with Gasteiger partial charge in [0, 0.05) is 6.04 Å². The molecule has 0 spiro atoms. The minimum Gasteiger partial charge on any atom is -0.464 e. The molecular formula is C16H24N2O2. The van der Waals surface area contributed by atoms with Gasteiger partial charge in [0.15, 0.2) is 0 Å². The van der Waals surface area contributed by atoms with Crippen molar-refractivity contribution in [1.29, 1.82) is 0 Å². The van der Waals surface area contributed by atoms with Crippen molar-refractivity contribution >= 4 is 5.91 Å². The SMILES string of the molecule is Cc1ccc(CN(C(=O)C2(C)CCCCN2)C2CC2)o1. The predicted molar refractivity (Wildman–Crippen MR) is 77.3 cm³/mol. The number of aryl methyl sites for hydroxylation is 1. The number of carbonyl (C=O) groups excluding carboxylic acids is 1. The van der Waals surface area contributed by atoms with Crippen molar-refractivity contribution in [2.45, 2.75) is 64.1 Å².